The van der Waals surface area contributed by atoms with E-state index in [4.69, 9.17) is 9.97 Å². The second-order valence-electron chi connectivity index (χ2n) is 13.6. The fraction of sp³-hybridized carbons (Fsp3) is 0.263. The van der Waals surface area contributed by atoms with Crippen LogP contribution in [0.3, 0.4) is 0 Å². The molecule has 0 fully saturated rings. The molecular formula is C38H40N4. The van der Waals surface area contributed by atoms with Gasteiger partial charge < -0.3 is 10.3 Å². The van der Waals surface area contributed by atoms with Gasteiger partial charge in [0.25, 0.3) is 0 Å². The summed E-state index contributed by atoms with van der Waals surface area (Å²) in [4.78, 5) is 14.3. The van der Waals surface area contributed by atoms with Crippen molar-refractivity contribution in [1.82, 2.24) is 20.3 Å². The van der Waals surface area contributed by atoms with Crippen molar-refractivity contribution in [2.45, 2.75) is 65.7 Å². The number of allylic oxidation sites excluding steroid dienone is 4. The molecular weight excluding hydrogens is 512 g/mol. The van der Waals surface area contributed by atoms with Gasteiger partial charge in [0, 0.05) is 51.0 Å². The van der Waals surface area contributed by atoms with E-state index in [1.54, 1.807) is 0 Å². The Kier molecular flexibility index (Phi) is 6.49. The molecule has 42 heavy (non-hydrogen) atoms. The maximum Gasteiger partial charge on any atom is 0.0730 e. The lowest BCUT2D eigenvalue weighted by molar-refractivity contribution is 0.590. The number of H-pyrrole nitrogens is 1. The van der Waals surface area contributed by atoms with Gasteiger partial charge >= 0.3 is 0 Å². The topological polar surface area (TPSA) is 53.6 Å². The van der Waals surface area contributed by atoms with Crippen molar-refractivity contribution in [3.8, 4) is 22.5 Å². The highest BCUT2D eigenvalue weighted by molar-refractivity contribution is 6.15. The van der Waals surface area contributed by atoms with Crippen molar-refractivity contribution in [3.05, 3.63) is 114 Å². The van der Waals surface area contributed by atoms with Crippen LogP contribution in [0.25, 0.3) is 49.9 Å². The molecule has 4 nitrogen and oxygen atoms in total. The summed E-state index contributed by atoms with van der Waals surface area (Å²) in [5, 5.41) is 5.92. The molecule has 1 aliphatic rings. The SMILES string of the molecule is C=C/C1=C(\C)NC(=C)Cc2cccc(n2)-c2cc(C(C)(C)C)cc3c2[nH]c2c(cc(C(C)(C)C)cc23)-c2cccc1n2. The van der Waals surface area contributed by atoms with Gasteiger partial charge in [-0.1, -0.05) is 72.9 Å². The molecule has 1 aliphatic heterocycles. The Morgan fingerprint density at radius 1 is 0.738 bits per heavy atom. The van der Waals surface area contributed by atoms with Crippen molar-refractivity contribution in [2.75, 3.05) is 0 Å². The highest BCUT2D eigenvalue weighted by Gasteiger charge is 2.24. The first-order chi connectivity index (χ1) is 19.8. The quantitative estimate of drug-likeness (QED) is 0.218. The third kappa shape index (κ3) is 4.85. The van der Waals surface area contributed by atoms with Gasteiger partial charge in [-0.25, -0.2) is 4.98 Å². The van der Waals surface area contributed by atoms with E-state index in [1.165, 1.54) is 21.9 Å². The lowest BCUT2D eigenvalue weighted by Crippen LogP contribution is -2.14. The van der Waals surface area contributed by atoms with Gasteiger partial charge in [0.2, 0.25) is 0 Å². The summed E-state index contributed by atoms with van der Waals surface area (Å²) in [5.74, 6) is 0. The van der Waals surface area contributed by atoms with E-state index in [0.717, 1.165) is 61.9 Å². The number of fused-ring (bicyclic) bond motifs is 7. The second-order valence-corrected chi connectivity index (χ2v) is 13.6. The molecule has 0 aliphatic carbocycles. The lowest BCUT2D eigenvalue weighted by atomic mass is 9.83. The standard InChI is InChI=1S/C38H40N4/c1-10-27-23(3)39-22(2)17-26-13-11-14-33(40-26)30-20-24(37(4,5)6)18-28-29-19-25(38(7,8)9)21-31(36(29)42-35(28)30)34-16-12-15-32(27)41-34/h10-16,18-21,39,42H,1-2,17H2,3-9H3/b27-23-. The van der Waals surface area contributed by atoms with Gasteiger partial charge in [0.15, 0.2) is 0 Å². The van der Waals surface area contributed by atoms with Crippen LogP contribution in [0.4, 0.5) is 0 Å². The van der Waals surface area contributed by atoms with Crippen LogP contribution in [0.2, 0.25) is 0 Å². The summed E-state index contributed by atoms with van der Waals surface area (Å²) >= 11 is 0. The molecule has 4 heterocycles. The molecule has 6 rings (SSSR count). The van der Waals surface area contributed by atoms with Gasteiger partial charge in [-0.15, -0.1) is 0 Å². The fourth-order valence-electron chi connectivity index (χ4n) is 5.88. The van der Waals surface area contributed by atoms with E-state index in [0.29, 0.717) is 6.42 Å². The molecule has 0 radical (unpaired) electrons. The van der Waals surface area contributed by atoms with E-state index in [1.807, 2.05) is 12.1 Å². The van der Waals surface area contributed by atoms with E-state index < -0.39 is 0 Å². The van der Waals surface area contributed by atoms with Crippen LogP contribution < -0.4 is 5.32 Å². The molecule has 0 saturated carbocycles. The Bertz CT molecular complexity index is 1940. The zero-order chi connectivity index (χ0) is 30.0. The number of nitrogens with zero attached hydrogens (tertiary/aromatic N) is 2. The summed E-state index contributed by atoms with van der Waals surface area (Å²) in [6.45, 7) is 24.1. The first-order valence-electron chi connectivity index (χ1n) is 14.7. The van der Waals surface area contributed by atoms with Crippen LogP contribution in [-0.2, 0) is 17.3 Å². The average molecular weight is 553 g/mol. The third-order valence-corrected chi connectivity index (χ3v) is 8.30. The average Bonchev–Trinajstić information content (AvgIpc) is 3.30. The predicted molar refractivity (Wildman–Crippen MR) is 178 cm³/mol. The van der Waals surface area contributed by atoms with Crippen molar-refractivity contribution < 1.29 is 0 Å². The van der Waals surface area contributed by atoms with Crippen LogP contribution in [0, 0.1) is 0 Å². The van der Waals surface area contributed by atoms with Gasteiger partial charge in [-0.3, -0.25) is 4.98 Å². The van der Waals surface area contributed by atoms with Crippen molar-refractivity contribution in [1.29, 1.82) is 0 Å². The number of aromatic nitrogens is 3. The molecule has 2 N–H and O–H groups in total. The maximum atomic E-state index is 5.22. The summed E-state index contributed by atoms with van der Waals surface area (Å²) in [5.41, 5.74) is 13.3. The summed E-state index contributed by atoms with van der Waals surface area (Å²) in [6, 6.07) is 21.9. The van der Waals surface area contributed by atoms with Crippen molar-refractivity contribution in [3.63, 3.8) is 0 Å². The second kappa shape index (κ2) is 9.84. The van der Waals surface area contributed by atoms with E-state index in [2.05, 4.69) is 127 Å². The molecule has 5 aromatic rings. The highest BCUT2D eigenvalue weighted by atomic mass is 14.9. The molecule has 0 unspecified atom stereocenters. The first kappa shape index (κ1) is 27.7. The predicted octanol–water partition coefficient (Wildman–Crippen LogP) is 9.62. The Morgan fingerprint density at radius 3 is 1.81 bits per heavy atom. The molecule has 0 atom stereocenters. The molecule has 4 heteroatoms. The first-order valence-corrected chi connectivity index (χ1v) is 14.7. The minimum Gasteiger partial charge on any atom is -0.362 e. The Balaban J connectivity index is 1.80. The summed E-state index contributed by atoms with van der Waals surface area (Å²) in [7, 11) is 0. The monoisotopic (exact) mass is 552 g/mol. The number of nitrogens with one attached hydrogen (secondary N) is 2. The zero-order valence-corrected chi connectivity index (χ0v) is 25.9. The minimum atomic E-state index is -0.0453. The van der Waals surface area contributed by atoms with Gasteiger partial charge in [0.1, 0.15) is 0 Å². The Labute approximate surface area is 249 Å². The smallest absolute Gasteiger partial charge is 0.0730 e. The van der Waals surface area contributed by atoms with Crippen LogP contribution >= 0.6 is 0 Å². The van der Waals surface area contributed by atoms with E-state index in [9.17, 15) is 0 Å². The third-order valence-electron chi connectivity index (χ3n) is 8.30. The number of benzene rings is 2. The Hall–Kier alpha value is -4.44. The van der Waals surface area contributed by atoms with Crippen molar-refractivity contribution in [2.24, 2.45) is 0 Å². The van der Waals surface area contributed by atoms with Gasteiger partial charge in [-0.05, 0) is 77.4 Å². The number of hydrogen-bond donors (Lipinski definition) is 2. The molecule has 0 amide bonds. The summed E-state index contributed by atoms with van der Waals surface area (Å²) in [6.07, 6.45) is 2.48. The largest absolute Gasteiger partial charge is 0.362 e. The molecule has 6 bridgehead atoms. The molecule has 0 spiro atoms. The van der Waals surface area contributed by atoms with Gasteiger partial charge in [-0.2, -0.15) is 0 Å². The molecule has 3 aromatic heterocycles. The zero-order valence-electron chi connectivity index (χ0n) is 25.9. The minimum absolute atomic E-state index is 0.0360. The van der Waals surface area contributed by atoms with E-state index >= 15 is 0 Å². The van der Waals surface area contributed by atoms with Crippen LogP contribution in [0.1, 0.15) is 71.0 Å². The van der Waals surface area contributed by atoms with Crippen LogP contribution in [0.5, 0.6) is 0 Å². The molecule has 212 valence electrons. The maximum absolute atomic E-state index is 5.22. The molecule has 2 aromatic carbocycles. The lowest BCUT2D eigenvalue weighted by Gasteiger charge is -2.21. The number of hydrogen-bond acceptors (Lipinski definition) is 3. The summed E-state index contributed by atoms with van der Waals surface area (Å²) < 4.78 is 0. The Morgan fingerprint density at radius 2 is 1.26 bits per heavy atom. The van der Waals surface area contributed by atoms with Crippen LogP contribution in [0.15, 0.2) is 91.3 Å². The normalized spacial score (nSPS) is 15.9. The number of aromatic amines is 1. The molecule has 0 saturated heterocycles. The van der Waals surface area contributed by atoms with E-state index in [-0.39, 0.29) is 10.8 Å². The fourth-order valence-corrected chi connectivity index (χ4v) is 5.88. The van der Waals surface area contributed by atoms with Gasteiger partial charge in [0.05, 0.1) is 28.1 Å². The van der Waals surface area contributed by atoms with Crippen molar-refractivity contribution >= 4 is 27.4 Å². The highest BCUT2D eigenvalue weighted by Crippen LogP contribution is 2.42. The number of rotatable bonds is 1. The number of pyridine rings is 2. The van der Waals surface area contributed by atoms with Crippen LogP contribution in [-0.4, -0.2) is 15.0 Å².